The molecule has 6 rings (SSSR count). The van der Waals surface area contributed by atoms with Gasteiger partial charge in [0.25, 0.3) is 0 Å². The third-order valence-electron chi connectivity index (χ3n) is 11.1. The number of fused-ring (bicyclic) bond motifs is 1. The van der Waals surface area contributed by atoms with E-state index in [-0.39, 0.29) is 62.7 Å². The molecule has 1 aliphatic heterocycles. The molecule has 1 aliphatic carbocycles. The molecule has 2 aliphatic rings. The summed E-state index contributed by atoms with van der Waals surface area (Å²) in [5, 5.41) is 10.1. The van der Waals surface area contributed by atoms with Gasteiger partial charge in [-0.15, -0.1) is 6.42 Å². The Bertz CT molecular complexity index is 2140. The van der Waals surface area contributed by atoms with Crippen molar-refractivity contribution in [2.45, 2.75) is 71.1 Å². The Hall–Kier alpha value is -4.95. The summed E-state index contributed by atoms with van der Waals surface area (Å²) in [6.45, 7) is 9.81. The summed E-state index contributed by atoms with van der Waals surface area (Å²) in [6.07, 6.45) is 14.8. The highest BCUT2D eigenvalue weighted by Gasteiger charge is 2.30. The minimum Gasteiger partial charge on any atom is -0.490 e. The molecule has 0 spiro atoms. The first-order valence-corrected chi connectivity index (χ1v) is 21.6. The number of halogens is 1. The Morgan fingerprint density at radius 2 is 1.65 bits per heavy atom. The van der Waals surface area contributed by atoms with Crippen molar-refractivity contribution in [1.29, 1.82) is 0 Å². The third kappa shape index (κ3) is 14.0. The molecule has 62 heavy (non-hydrogen) atoms. The lowest BCUT2D eigenvalue weighted by Crippen LogP contribution is -2.48. The lowest BCUT2D eigenvalue weighted by molar-refractivity contribution is -0.144. The van der Waals surface area contributed by atoms with Gasteiger partial charge in [0.15, 0.2) is 17.0 Å². The number of aromatic nitrogens is 3. The van der Waals surface area contributed by atoms with E-state index in [0.717, 1.165) is 61.4 Å². The van der Waals surface area contributed by atoms with E-state index in [1.807, 2.05) is 44.6 Å². The predicted molar refractivity (Wildman–Crippen MR) is 233 cm³/mol. The molecule has 1 N–H and O–H groups in total. The summed E-state index contributed by atoms with van der Waals surface area (Å²) in [7, 11) is 0. The van der Waals surface area contributed by atoms with Crippen LogP contribution in [0.15, 0.2) is 59.8 Å². The van der Waals surface area contributed by atoms with Gasteiger partial charge in [0.05, 0.1) is 89.4 Å². The monoisotopic (exact) mass is 857 g/mol. The van der Waals surface area contributed by atoms with Crippen LogP contribution in [0, 0.1) is 37.9 Å². The summed E-state index contributed by atoms with van der Waals surface area (Å²) in [5.41, 5.74) is 5.10. The lowest BCUT2D eigenvalue weighted by atomic mass is 10.0. The minimum atomic E-state index is -1.04. The number of piperidine rings is 1. The van der Waals surface area contributed by atoms with Crippen LogP contribution in [-0.4, -0.2) is 122 Å². The molecule has 0 bridgehead atoms. The van der Waals surface area contributed by atoms with Gasteiger partial charge in [-0.25, -0.2) is 4.39 Å². The van der Waals surface area contributed by atoms with Crippen LogP contribution in [0.4, 0.5) is 10.1 Å². The lowest BCUT2D eigenvalue weighted by Gasteiger charge is -2.40. The van der Waals surface area contributed by atoms with Crippen molar-refractivity contribution in [2.24, 2.45) is 5.92 Å². The number of nitrogens with zero attached hydrogens (tertiary/aromatic N) is 5. The second kappa shape index (κ2) is 24.0. The molecule has 1 aromatic carbocycles. The molecule has 4 aromatic rings. The van der Waals surface area contributed by atoms with Gasteiger partial charge >= 0.3 is 5.97 Å². The largest absolute Gasteiger partial charge is 0.490 e. The Morgan fingerprint density at radius 1 is 0.919 bits per heavy atom. The van der Waals surface area contributed by atoms with E-state index in [2.05, 4.69) is 42.4 Å². The second-order valence-corrected chi connectivity index (χ2v) is 15.9. The number of carboxylic acids is 1. The van der Waals surface area contributed by atoms with Crippen LogP contribution in [0.1, 0.15) is 60.7 Å². The number of anilines is 1. The van der Waals surface area contributed by atoms with E-state index in [0.29, 0.717) is 69.2 Å². The molecule has 1 unspecified atom stereocenters. The van der Waals surface area contributed by atoms with Crippen LogP contribution in [0.3, 0.4) is 0 Å². The number of carboxylic acid groups (broad SMARTS) is 1. The highest BCUT2D eigenvalue weighted by molar-refractivity contribution is 5.81. The first-order valence-electron chi connectivity index (χ1n) is 21.6. The van der Waals surface area contributed by atoms with E-state index >= 15 is 4.39 Å². The van der Waals surface area contributed by atoms with Crippen molar-refractivity contribution >= 4 is 22.6 Å². The fraction of sp³-hybridized carbons (Fsp3) is 0.532. The summed E-state index contributed by atoms with van der Waals surface area (Å²) < 4.78 is 50.8. The topological polar surface area (TPSA) is 147 Å². The average molecular weight is 858 g/mol. The Morgan fingerprint density at radius 3 is 2.31 bits per heavy atom. The van der Waals surface area contributed by atoms with Crippen LogP contribution >= 0.6 is 0 Å². The first kappa shape index (κ1) is 46.6. The van der Waals surface area contributed by atoms with Gasteiger partial charge in [0.2, 0.25) is 0 Å². The smallest absolute Gasteiger partial charge is 0.308 e. The van der Waals surface area contributed by atoms with Crippen molar-refractivity contribution in [3.63, 3.8) is 0 Å². The first-order chi connectivity index (χ1) is 30.2. The van der Waals surface area contributed by atoms with Gasteiger partial charge in [-0.1, -0.05) is 5.92 Å². The number of aryl methyl sites for hydroxylation is 2. The van der Waals surface area contributed by atoms with Crippen LogP contribution in [0.25, 0.3) is 10.9 Å². The number of carbonyl (C=O) groups is 1. The molecule has 1 saturated heterocycles. The van der Waals surface area contributed by atoms with Gasteiger partial charge in [-0.05, 0) is 81.8 Å². The zero-order chi connectivity index (χ0) is 43.7. The maximum atomic E-state index is 15.8. The third-order valence-corrected chi connectivity index (χ3v) is 11.1. The number of hydrogen-bond acceptors (Lipinski definition) is 12. The molecular formula is C47H60FN5O9. The highest BCUT2D eigenvalue weighted by atomic mass is 19.1. The normalized spacial score (nSPS) is 15.9. The fourth-order valence-corrected chi connectivity index (χ4v) is 7.61. The molecule has 4 heterocycles. The second-order valence-electron chi connectivity index (χ2n) is 15.9. The summed E-state index contributed by atoms with van der Waals surface area (Å²) in [6, 6.07) is 11.5. The molecule has 334 valence electrons. The molecule has 3 aromatic heterocycles. The SMILES string of the molecule is C#CCOCCOCCOCCOCCOCC(CCOc1cc2c(cc1F)c(=O)c(CN(Cc1ccnc(C)c1)[C@H]1CCCN(c3ccc(C)nc3)C1)cn2C1CC1)C(=O)O. The maximum absolute atomic E-state index is 15.8. The number of rotatable bonds is 27. The van der Waals surface area contributed by atoms with Gasteiger partial charge in [-0.2, -0.15) is 0 Å². The number of pyridine rings is 3. The van der Waals surface area contributed by atoms with Crippen molar-refractivity contribution in [3.05, 3.63) is 93.5 Å². The zero-order valence-corrected chi connectivity index (χ0v) is 36.0. The van der Waals surface area contributed by atoms with Crippen molar-refractivity contribution in [1.82, 2.24) is 19.4 Å². The number of hydrogen-bond donors (Lipinski definition) is 1. The predicted octanol–water partition coefficient (Wildman–Crippen LogP) is 5.74. The Kier molecular flexibility index (Phi) is 18.1. The summed E-state index contributed by atoms with van der Waals surface area (Å²) in [5.74, 6) is -0.213. The molecule has 14 nitrogen and oxygen atoms in total. The Labute approximate surface area is 363 Å². The standard InChI is InChI=1S/C47H60FN5O9/c1-4-15-57-17-18-58-19-20-59-21-22-60-23-24-61-33-37(47(55)56)12-16-62-45-27-44-42(26-43(45)48)46(54)38(31-53(44)39-9-10-39)30-52(29-36-11-13-49-35(3)25-36)41-6-5-14-51(32-41)40-8-7-34(2)50-28-40/h1,7-8,11,13,25-28,31,37,39,41H,5-6,9-10,12,14-24,29-30,32-33H2,2-3H3,(H,55,56)/t37?,41-/m0/s1. The van der Waals surface area contributed by atoms with Crippen LogP contribution in [0.2, 0.25) is 0 Å². The number of benzene rings is 1. The van der Waals surface area contributed by atoms with Crippen LogP contribution < -0.4 is 15.1 Å². The van der Waals surface area contributed by atoms with E-state index in [1.165, 1.54) is 6.07 Å². The van der Waals surface area contributed by atoms with E-state index in [1.54, 1.807) is 6.07 Å². The number of aliphatic carboxylic acids is 1. The molecule has 15 heteroatoms. The molecule has 0 amide bonds. The summed E-state index contributed by atoms with van der Waals surface area (Å²) in [4.78, 5) is 40.0. The fourth-order valence-electron chi connectivity index (χ4n) is 7.61. The van der Waals surface area contributed by atoms with E-state index in [9.17, 15) is 14.7 Å². The maximum Gasteiger partial charge on any atom is 0.308 e. The van der Waals surface area contributed by atoms with Crippen LogP contribution in [-0.2, 0) is 41.6 Å². The average Bonchev–Trinajstić information content (AvgIpc) is 4.11. The molecule has 2 atom stereocenters. The highest BCUT2D eigenvalue weighted by Crippen LogP contribution is 2.38. The molecular weight excluding hydrogens is 798 g/mol. The van der Waals surface area contributed by atoms with Crippen molar-refractivity contribution < 1.29 is 42.7 Å². The summed E-state index contributed by atoms with van der Waals surface area (Å²) >= 11 is 0. The number of terminal acetylenes is 1. The molecule has 2 fully saturated rings. The van der Waals surface area contributed by atoms with Crippen molar-refractivity contribution in [3.8, 4) is 18.1 Å². The molecule has 1 saturated carbocycles. The quantitative estimate of drug-likeness (QED) is 0.0575. The number of ether oxygens (including phenoxy) is 6. The molecule has 0 radical (unpaired) electrons. The van der Waals surface area contributed by atoms with Crippen molar-refractivity contribution in [2.75, 3.05) is 90.7 Å². The van der Waals surface area contributed by atoms with E-state index in [4.69, 9.17) is 34.8 Å². The minimum absolute atomic E-state index is 0.0251. The zero-order valence-electron chi connectivity index (χ0n) is 36.0. The van der Waals surface area contributed by atoms with Crippen LogP contribution in [0.5, 0.6) is 5.75 Å². The van der Waals surface area contributed by atoms with Gasteiger partial charge in [-0.3, -0.25) is 24.5 Å². The van der Waals surface area contributed by atoms with Gasteiger partial charge in [0, 0.05) is 79.1 Å². The Balaban J connectivity index is 1.04. The van der Waals surface area contributed by atoms with Gasteiger partial charge in [0.1, 0.15) is 6.61 Å². The van der Waals surface area contributed by atoms with Gasteiger partial charge < -0.3 is 43.0 Å². The van der Waals surface area contributed by atoms with E-state index < -0.39 is 17.7 Å².